The molecular weight excluding hydrogens is 388 g/mol. The number of carbonyl (C=O) groups excluding carboxylic acids is 1. The molecule has 0 bridgehead atoms. The van der Waals surface area contributed by atoms with E-state index in [-0.39, 0.29) is 12.1 Å². The zero-order valence-electron chi connectivity index (χ0n) is 15.0. The van der Waals surface area contributed by atoms with Gasteiger partial charge in [-0.05, 0) is 48.0 Å². The van der Waals surface area contributed by atoms with Crippen LogP contribution >= 0.6 is 0 Å². The predicted molar refractivity (Wildman–Crippen MR) is 100 cm³/mol. The number of urea groups is 1. The van der Waals surface area contributed by atoms with Gasteiger partial charge in [0.15, 0.2) is 5.75 Å². The molecule has 3 rings (SSSR count). The first-order chi connectivity index (χ1) is 13.8. The molecule has 0 heterocycles. The van der Waals surface area contributed by atoms with Crippen LogP contribution in [0.3, 0.4) is 0 Å². The van der Waals surface area contributed by atoms with Crippen molar-refractivity contribution in [2.45, 2.75) is 12.7 Å². The Labute approximate surface area is 164 Å². The molecule has 4 nitrogen and oxygen atoms in total. The van der Waals surface area contributed by atoms with Gasteiger partial charge in [0.2, 0.25) is 0 Å². The van der Waals surface area contributed by atoms with Gasteiger partial charge in [0.25, 0.3) is 0 Å². The van der Waals surface area contributed by atoms with E-state index in [0.717, 1.165) is 12.1 Å². The molecule has 0 atom stereocenters. The smallest absolute Gasteiger partial charge is 0.416 e. The molecule has 0 saturated heterocycles. The maximum Gasteiger partial charge on any atom is 0.416 e. The molecule has 3 aromatic rings. The Kier molecular flexibility index (Phi) is 6.01. The molecule has 29 heavy (non-hydrogen) atoms. The van der Waals surface area contributed by atoms with Crippen molar-refractivity contribution < 1.29 is 27.1 Å². The van der Waals surface area contributed by atoms with Crippen LogP contribution in [-0.4, -0.2) is 6.03 Å². The van der Waals surface area contributed by atoms with Gasteiger partial charge in [-0.25, -0.2) is 9.18 Å². The lowest BCUT2D eigenvalue weighted by Gasteiger charge is -2.13. The van der Waals surface area contributed by atoms with E-state index in [4.69, 9.17) is 4.74 Å². The van der Waals surface area contributed by atoms with Crippen molar-refractivity contribution >= 4 is 11.7 Å². The van der Waals surface area contributed by atoms with Gasteiger partial charge in [-0.15, -0.1) is 0 Å². The molecule has 0 aliphatic rings. The molecule has 0 unspecified atom stereocenters. The standard InChI is InChI=1S/C21H16F4N2O2/c22-16-11-14(10-15(12-16)21(23,24)25)13-26-20(28)27-18-8-4-5-9-19(18)29-17-6-2-1-3-7-17/h1-12H,13H2,(H2,26,27,28). The number of alkyl halides is 3. The Morgan fingerprint density at radius 1 is 0.931 bits per heavy atom. The predicted octanol–water partition coefficient (Wildman–Crippen LogP) is 5.96. The monoisotopic (exact) mass is 404 g/mol. The number of halogens is 4. The summed E-state index contributed by atoms with van der Waals surface area (Å²) in [6, 6.07) is 17.1. The average molecular weight is 404 g/mol. The van der Waals surface area contributed by atoms with E-state index >= 15 is 0 Å². The molecular formula is C21H16F4N2O2. The first-order valence-corrected chi connectivity index (χ1v) is 8.55. The van der Waals surface area contributed by atoms with Crippen molar-refractivity contribution in [1.82, 2.24) is 5.32 Å². The van der Waals surface area contributed by atoms with Gasteiger partial charge in [-0.2, -0.15) is 13.2 Å². The molecule has 150 valence electrons. The second kappa shape index (κ2) is 8.64. The third kappa shape index (κ3) is 5.71. The van der Waals surface area contributed by atoms with Crippen LogP contribution in [0, 0.1) is 5.82 Å². The highest BCUT2D eigenvalue weighted by Crippen LogP contribution is 2.31. The van der Waals surface area contributed by atoms with E-state index in [1.807, 2.05) is 6.07 Å². The summed E-state index contributed by atoms with van der Waals surface area (Å²) >= 11 is 0. The molecule has 0 saturated carbocycles. The summed E-state index contributed by atoms with van der Waals surface area (Å²) < 4.78 is 57.5. The quantitative estimate of drug-likeness (QED) is 0.516. The Balaban J connectivity index is 1.66. The lowest BCUT2D eigenvalue weighted by molar-refractivity contribution is -0.137. The Morgan fingerprint density at radius 3 is 2.34 bits per heavy atom. The van der Waals surface area contributed by atoms with Crippen molar-refractivity contribution in [3.8, 4) is 11.5 Å². The number of carbonyl (C=O) groups is 1. The van der Waals surface area contributed by atoms with Crippen LogP contribution in [0.1, 0.15) is 11.1 Å². The van der Waals surface area contributed by atoms with Gasteiger partial charge in [-0.1, -0.05) is 30.3 Å². The van der Waals surface area contributed by atoms with E-state index < -0.39 is 23.6 Å². The van der Waals surface area contributed by atoms with E-state index in [1.165, 1.54) is 0 Å². The van der Waals surface area contributed by atoms with E-state index in [9.17, 15) is 22.4 Å². The highest BCUT2D eigenvalue weighted by Gasteiger charge is 2.31. The molecule has 0 fully saturated rings. The van der Waals surface area contributed by atoms with E-state index in [2.05, 4.69) is 10.6 Å². The molecule has 0 aromatic heterocycles. The normalized spacial score (nSPS) is 11.0. The molecule has 2 amide bonds. The molecule has 0 aliphatic heterocycles. The van der Waals surface area contributed by atoms with Gasteiger partial charge in [0.1, 0.15) is 11.6 Å². The number of hydrogen-bond acceptors (Lipinski definition) is 2. The second-order valence-corrected chi connectivity index (χ2v) is 6.06. The average Bonchev–Trinajstić information content (AvgIpc) is 2.68. The van der Waals surface area contributed by atoms with Crippen LogP contribution in [0.4, 0.5) is 28.0 Å². The van der Waals surface area contributed by atoms with Gasteiger partial charge >= 0.3 is 12.2 Å². The van der Waals surface area contributed by atoms with E-state index in [0.29, 0.717) is 23.3 Å². The third-order valence-corrected chi connectivity index (χ3v) is 3.84. The SMILES string of the molecule is O=C(NCc1cc(F)cc(C(F)(F)F)c1)Nc1ccccc1Oc1ccccc1. The number of para-hydroxylation sites is 3. The van der Waals surface area contributed by atoms with E-state index in [1.54, 1.807) is 48.5 Å². The van der Waals surface area contributed by atoms with Crippen LogP contribution in [0.15, 0.2) is 72.8 Å². The van der Waals surface area contributed by atoms with Crippen LogP contribution in [0.2, 0.25) is 0 Å². The third-order valence-electron chi connectivity index (χ3n) is 3.84. The van der Waals surface area contributed by atoms with Crippen LogP contribution in [0.5, 0.6) is 11.5 Å². The summed E-state index contributed by atoms with van der Waals surface area (Å²) in [6.45, 7) is -0.283. The highest BCUT2D eigenvalue weighted by molar-refractivity contribution is 5.90. The lowest BCUT2D eigenvalue weighted by Crippen LogP contribution is -2.28. The van der Waals surface area contributed by atoms with Crippen molar-refractivity contribution in [3.63, 3.8) is 0 Å². The lowest BCUT2D eigenvalue weighted by atomic mass is 10.1. The number of nitrogens with one attached hydrogen (secondary N) is 2. The highest BCUT2D eigenvalue weighted by atomic mass is 19.4. The van der Waals surface area contributed by atoms with Crippen LogP contribution in [0.25, 0.3) is 0 Å². The second-order valence-electron chi connectivity index (χ2n) is 6.06. The summed E-state index contributed by atoms with van der Waals surface area (Å²) in [5.74, 6) is -0.0702. The van der Waals surface area contributed by atoms with Crippen molar-refractivity contribution in [2.24, 2.45) is 0 Å². The number of hydrogen-bond donors (Lipinski definition) is 2. The Hall–Kier alpha value is -3.55. The Bertz CT molecular complexity index is 991. The number of benzene rings is 3. The minimum absolute atomic E-state index is 0.0127. The number of anilines is 1. The summed E-state index contributed by atoms with van der Waals surface area (Å²) in [4.78, 5) is 12.2. The number of rotatable bonds is 5. The van der Waals surface area contributed by atoms with Gasteiger partial charge in [-0.3, -0.25) is 0 Å². The summed E-state index contributed by atoms with van der Waals surface area (Å²) in [6.07, 6.45) is -4.67. The fourth-order valence-electron chi connectivity index (χ4n) is 2.54. The van der Waals surface area contributed by atoms with Crippen molar-refractivity contribution in [2.75, 3.05) is 5.32 Å². The molecule has 0 spiro atoms. The zero-order chi connectivity index (χ0) is 20.9. The van der Waals surface area contributed by atoms with Gasteiger partial charge in [0.05, 0.1) is 11.3 Å². The van der Waals surface area contributed by atoms with Gasteiger partial charge < -0.3 is 15.4 Å². The maximum atomic E-state index is 13.4. The molecule has 0 aliphatic carbocycles. The van der Waals surface area contributed by atoms with Crippen LogP contribution < -0.4 is 15.4 Å². The van der Waals surface area contributed by atoms with Crippen molar-refractivity contribution in [3.05, 3.63) is 89.7 Å². The molecule has 8 heteroatoms. The maximum absolute atomic E-state index is 13.4. The topological polar surface area (TPSA) is 50.4 Å². The summed E-state index contributed by atoms with van der Waals surface area (Å²) in [5, 5.41) is 4.97. The van der Waals surface area contributed by atoms with Crippen molar-refractivity contribution in [1.29, 1.82) is 0 Å². The number of ether oxygens (including phenoxy) is 1. The first-order valence-electron chi connectivity index (χ1n) is 8.55. The Morgan fingerprint density at radius 2 is 1.62 bits per heavy atom. The molecule has 2 N–H and O–H groups in total. The minimum atomic E-state index is -4.67. The van der Waals surface area contributed by atoms with Crippen LogP contribution in [-0.2, 0) is 12.7 Å². The first kappa shape index (κ1) is 20.2. The zero-order valence-corrected chi connectivity index (χ0v) is 15.0. The fourth-order valence-corrected chi connectivity index (χ4v) is 2.54. The molecule has 3 aromatic carbocycles. The summed E-state index contributed by atoms with van der Waals surface area (Å²) in [7, 11) is 0. The van der Waals surface area contributed by atoms with Gasteiger partial charge in [0, 0.05) is 6.54 Å². The summed E-state index contributed by atoms with van der Waals surface area (Å²) in [5.41, 5.74) is -0.762. The minimum Gasteiger partial charge on any atom is -0.455 e. The fraction of sp³-hybridized carbons (Fsp3) is 0.0952. The molecule has 0 radical (unpaired) electrons. The number of amides is 2. The largest absolute Gasteiger partial charge is 0.455 e.